The standard InChI is InChI=1S/C46H28N2O2/c1-2-12-31(13-3-1)48-38-18-7-4-14-33(38)35-17-10-20-40(46(35)48)47(39-19-11-23-43-45(39)36-16-6-9-22-42(36)49-43)32-25-24-29-28-44-37(27-30(29)26-32)34-15-5-8-21-41(34)50-44/h1-28H. The van der Waals surface area contributed by atoms with E-state index >= 15 is 0 Å². The van der Waals surface area contributed by atoms with E-state index in [4.69, 9.17) is 8.83 Å². The quantitative estimate of drug-likeness (QED) is 0.192. The van der Waals surface area contributed by atoms with Crippen LogP contribution in [0.15, 0.2) is 179 Å². The molecule has 0 spiro atoms. The highest BCUT2D eigenvalue weighted by Crippen LogP contribution is 2.47. The Kier molecular flexibility index (Phi) is 5.63. The van der Waals surface area contributed by atoms with E-state index in [2.05, 4.69) is 155 Å². The Bertz CT molecular complexity index is 3110. The predicted octanol–water partition coefficient (Wildman–Crippen LogP) is 13.2. The van der Waals surface area contributed by atoms with Crippen molar-refractivity contribution in [3.63, 3.8) is 0 Å². The van der Waals surface area contributed by atoms with Crippen molar-refractivity contribution in [2.75, 3.05) is 4.90 Å². The second-order valence-corrected chi connectivity index (χ2v) is 12.9. The molecule has 0 atom stereocenters. The number of aromatic nitrogens is 1. The normalized spacial score (nSPS) is 12.0. The SMILES string of the molecule is c1ccc(-n2c3ccccc3c3cccc(N(c4ccc5cc6oc7ccccc7c6cc5c4)c4cccc5oc6ccccc6c45)c32)cc1. The molecule has 0 amide bonds. The van der Waals surface area contributed by atoms with Gasteiger partial charge in [-0.05, 0) is 83.6 Å². The Balaban J connectivity index is 1.27. The summed E-state index contributed by atoms with van der Waals surface area (Å²) in [5.41, 5.74) is 10.1. The van der Waals surface area contributed by atoms with E-state index in [1.165, 1.54) is 16.3 Å². The molecular weight excluding hydrogens is 613 g/mol. The van der Waals surface area contributed by atoms with Crippen molar-refractivity contribution in [3.8, 4) is 5.69 Å². The first-order valence-corrected chi connectivity index (χ1v) is 16.9. The predicted molar refractivity (Wildman–Crippen MR) is 208 cm³/mol. The lowest BCUT2D eigenvalue weighted by Gasteiger charge is -2.28. The number of furan rings is 2. The van der Waals surface area contributed by atoms with Crippen LogP contribution in [0.3, 0.4) is 0 Å². The number of rotatable bonds is 4. The zero-order chi connectivity index (χ0) is 32.8. The molecule has 0 N–H and O–H groups in total. The van der Waals surface area contributed by atoms with Crippen LogP contribution in [-0.4, -0.2) is 4.57 Å². The van der Waals surface area contributed by atoms with Gasteiger partial charge in [-0.3, -0.25) is 0 Å². The summed E-state index contributed by atoms with van der Waals surface area (Å²) in [6.45, 7) is 0. The highest BCUT2D eigenvalue weighted by molar-refractivity contribution is 6.18. The zero-order valence-electron chi connectivity index (χ0n) is 26.9. The van der Waals surface area contributed by atoms with Crippen molar-refractivity contribution in [3.05, 3.63) is 170 Å². The number of hydrogen-bond acceptors (Lipinski definition) is 3. The molecule has 8 aromatic carbocycles. The summed E-state index contributed by atoms with van der Waals surface area (Å²) in [7, 11) is 0. The van der Waals surface area contributed by atoms with E-state index in [1.54, 1.807) is 0 Å². The molecule has 11 rings (SSSR count). The van der Waals surface area contributed by atoms with Crippen LogP contribution in [0.4, 0.5) is 17.1 Å². The van der Waals surface area contributed by atoms with Crippen molar-refractivity contribution >= 4 is 93.5 Å². The molecule has 234 valence electrons. The molecular formula is C46H28N2O2. The third-order valence-electron chi connectivity index (χ3n) is 10.1. The molecule has 0 aliphatic heterocycles. The van der Waals surface area contributed by atoms with Crippen LogP contribution < -0.4 is 4.90 Å². The van der Waals surface area contributed by atoms with Crippen molar-refractivity contribution in [1.29, 1.82) is 0 Å². The zero-order valence-corrected chi connectivity index (χ0v) is 26.9. The Morgan fingerprint density at radius 2 is 1.06 bits per heavy atom. The lowest BCUT2D eigenvalue weighted by molar-refractivity contribution is 0.668. The molecule has 4 heteroatoms. The lowest BCUT2D eigenvalue weighted by Crippen LogP contribution is -2.12. The third-order valence-corrected chi connectivity index (χ3v) is 10.1. The topological polar surface area (TPSA) is 34.5 Å². The van der Waals surface area contributed by atoms with E-state index in [-0.39, 0.29) is 0 Å². The highest BCUT2D eigenvalue weighted by atomic mass is 16.3. The summed E-state index contributed by atoms with van der Waals surface area (Å²) in [6.07, 6.45) is 0. The van der Waals surface area contributed by atoms with E-state index in [1.807, 2.05) is 24.3 Å². The minimum atomic E-state index is 0.858. The van der Waals surface area contributed by atoms with Crippen LogP contribution in [0.2, 0.25) is 0 Å². The van der Waals surface area contributed by atoms with Crippen molar-refractivity contribution in [2.24, 2.45) is 0 Å². The first kappa shape index (κ1) is 27.2. The minimum absolute atomic E-state index is 0.858. The summed E-state index contributed by atoms with van der Waals surface area (Å²) in [5.74, 6) is 0. The van der Waals surface area contributed by atoms with E-state index in [9.17, 15) is 0 Å². The van der Waals surface area contributed by atoms with Crippen molar-refractivity contribution in [1.82, 2.24) is 4.57 Å². The maximum atomic E-state index is 6.45. The minimum Gasteiger partial charge on any atom is -0.456 e. The van der Waals surface area contributed by atoms with Gasteiger partial charge in [0.1, 0.15) is 22.3 Å². The van der Waals surface area contributed by atoms with E-state index in [0.717, 1.165) is 82.9 Å². The van der Waals surface area contributed by atoms with Gasteiger partial charge in [0, 0.05) is 38.3 Å². The van der Waals surface area contributed by atoms with Gasteiger partial charge >= 0.3 is 0 Å². The number of anilines is 3. The summed E-state index contributed by atoms with van der Waals surface area (Å²) in [5, 5.41) is 9.10. The molecule has 0 saturated carbocycles. The number of fused-ring (bicyclic) bond motifs is 10. The van der Waals surface area contributed by atoms with Crippen LogP contribution in [0, 0.1) is 0 Å². The maximum Gasteiger partial charge on any atom is 0.137 e. The Morgan fingerprint density at radius 1 is 0.400 bits per heavy atom. The summed E-state index contributed by atoms with van der Waals surface area (Å²) < 4.78 is 15.1. The largest absolute Gasteiger partial charge is 0.456 e. The van der Waals surface area contributed by atoms with Crippen LogP contribution in [0.25, 0.3) is 82.1 Å². The number of nitrogens with zero attached hydrogens (tertiary/aromatic N) is 2. The molecule has 0 aliphatic rings. The highest BCUT2D eigenvalue weighted by Gasteiger charge is 2.24. The Hall–Kier alpha value is -6.78. The molecule has 0 saturated heterocycles. The average Bonchev–Trinajstić information content (AvgIpc) is 3.84. The lowest BCUT2D eigenvalue weighted by atomic mass is 10.0. The van der Waals surface area contributed by atoms with Crippen LogP contribution >= 0.6 is 0 Å². The maximum absolute atomic E-state index is 6.45. The fourth-order valence-corrected chi connectivity index (χ4v) is 7.97. The second kappa shape index (κ2) is 10.4. The van der Waals surface area contributed by atoms with Gasteiger partial charge in [0.05, 0.1) is 27.8 Å². The summed E-state index contributed by atoms with van der Waals surface area (Å²) >= 11 is 0. The van der Waals surface area contributed by atoms with Crippen LogP contribution in [0.1, 0.15) is 0 Å². The van der Waals surface area contributed by atoms with Gasteiger partial charge < -0.3 is 18.3 Å². The molecule has 4 nitrogen and oxygen atoms in total. The van der Waals surface area contributed by atoms with Crippen LogP contribution in [-0.2, 0) is 0 Å². The van der Waals surface area contributed by atoms with Crippen molar-refractivity contribution < 1.29 is 8.83 Å². The molecule has 0 fully saturated rings. The molecule has 0 bridgehead atoms. The fraction of sp³-hybridized carbons (Fsp3) is 0. The van der Waals surface area contributed by atoms with Gasteiger partial charge in [-0.15, -0.1) is 0 Å². The van der Waals surface area contributed by atoms with Gasteiger partial charge in [0.25, 0.3) is 0 Å². The van der Waals surface area contributed by atoms with Gasteiger partial charge in [-0.1, -0.05) is 97.1 Å². The monoisotopic (exact) mass is 640 g/mol. The van der Waals surface area contributed by atoms with E-state index < -0.39 is 0 Å². The first-order chi connectivity index (χ1) is 24.8. The molecule has 0 radical (unpaired) electrons. The first-order valence-electron chi connectivity index (χ1n) is 16.9. The number of benzene rings is 8. The fourth-order valence-electron chi connectivity index (χ4n) is 7.97. The van der Waals surface area contributed by atoms with E-state index in [0.29, 0.717) is 0 Å². The smallest absolute Gasteiger partial charge is 0.137 e. The third kappa shape index (κ3) is 3.87. The number of para-hydroxylation sites is 5. The Labute approximate surface area is 286 Å². The van der Waals surface area contributed by atoms with Gasteiger partial charge in [-0.2, -0.15) is 0 Å². The second-order valence-electron chi connectivity index (χ2n) is 12.9. The van der Waals surface area contributed by atoms with Crippen LogP contribution in [0.5, 0.6) is 0 Å². The molecule has 50 heavy (non-hydrogen) atoms. The molecule has 0 unspecified atom stereocenters. The molecule has 3 heterocycles. The number of hydrogen-bond donors (Lipinski definition) is 0. The average molecular weight is 641 g/mol. The summed E-state index contributed by atoms with van der Waals surface area (Å²) in [4.78, 5) is 2.42. The molecule has 3 aromatic heterocycles. The van der Waals surface area contributed by atoms with Gasteiger partial charge in [0.15, 0.2) is 0 Å². The molecule has 11 aromatic rings. The van der Waals surface area contributed by atoms with Gasteiger partial charge in [-0.25, -0.2) is 0 Å². The molecule has 0 aliphatic carbocycles. The van der Waals surface area contributed by atoms with Crippen molar-refractivity contribution in [2.45, 2.75) is 0 Å². The van der Waals surface area contributed by atoms with Gasteiger partial charge in [0.2, 0.25) is 0 Å². The Morgan fingerprint density at radius 3 is 1.94 bits per heavy atom. The summed E-state index contributed by atoms with van der Waals surface area (Å²) in [6, 6.07) is 60.2.